The molecule has 0 saturated carbocycles. The molecular formula is C24H24ClN3O3S. The number of halogens is 1. The van der Waals surface area contributed by atoms with Crippen molar-refractivity contribution in [3.05, 3.63) is 70.6 Å². The van der Waals surface area contributed by atoms with E-state index in [4.69, 9.17) is 16.3 Å². The largest absolute Gasteiger partial charge is 0.495 e. The number of benzene rings is 2. The molecule has 4 rings (SSSR count). The molecule has 0 atom stereocenters. The van der Waals surface area contributed by atoms with Crippen molar-refractivity contribution in [3.8, 4) is 16.2 Å². The smallest absolute Gasteiger partial charge is 0.267 e. The third-order valence-corrected chi connectivity index (χ3v) is 6.83. The summed E-state index contributed by atoms with van der Waals surface area (Å²) in [6, 6.07) is 19.0. The summed E-state index contributed by atoms with van der Waals surface area (Å²) in [6.07, 6.45) is 0. The van der Waals surface area contributed by atoms with Gasteiger partial charge in [-0.1, -0.05) is 54.1 Å². The van der Waals surface area contributed by atoms with Crippen LogP contribution in [0.4, 0.5) is 5.69 Å². The number of methoxy groups -OCH3 is 1. The van der Waals surface area contributed by atoms with E-state index in [9.17, 15) is 9.59 Å². The summed E-state index contributed by atoms with van der Waals surface area (Å²) in [5.74, 6) is 0.444. The number of ether oxygens (including phenoxy) is 1. The lowest BCUT2D eigenvalue weighted by Crippen LogP contribution is -2.50. The van der Waals surface area contributed by atoms with Crippen LogP contribution in [0, 0.1) is 0 Å². The molecule has 1 aromatic heterocycles. The maximum atomic E-state index is 13.2. The van der Waals surface area contributed by atoms with E-state index in [0.29, 0.717) is 47.5 Å². The zero-order chi connectivity index (χ0) is 22.5. The first-order valence-electron chi connectivity index (χ1n) is 10.3. The Hall–Kier alpha value is -2.87. The molecule has 3 aromatic rings. The fourth-order valence-electron chi connectivity index (χ4n) is 3.63. The Kier molecular flexibility index (Phi) is 7.09. The highest BCUT2D eigenvalue weighted by Crippen LogP contribution is 2.37. The van der Waals surface area contributed by atoms with Gasteiger partial charge in [0.05, 0.1) is 24.4 Å². The molecular weight excluding hydrogens is 446 g/mol. The third kappa shape index (κ3) is 5.12. The Morgan fingerprint density at radius 2 is 1.72 bits per heavy atom. The monoisotopic (exact) mass is 469 g/mol. The highest BCUT2D eigenvalue weighted by molar-refractivity contribution is 7.17. The second kappa shape index (κ2) is 10.2. The number of carbonyl (C=O) groups is 2. The summed E-state index contributed by atoms with van der Waals surface area (Å²) >= 11 is 7.55. The molecule has 2 heterocycles. The molecule has 2 amide bonds. The van der Waals surface area contributed by atoms with E-state index in [2.05, 4.69) is 5.32 Å². The number of carbonyl (C=O) groups excluding carboxylic acids is 2. The van der Waals surface area contributed by atoms with Crippen molar-refractivity contribution < 1.29 is 14.3 Å². The average molecular weight is 470 g/mol. The van der Waals surface area contributed by atoms with Gasteiger partial charge < -0.3 is 15.0 Å². The number of para-hydroxylation sites is 1. The average Bonchev–Trinajstić information content (AvgIpc) is 3.26. The van der Waals surface area contributed by atoms with E-state index in [1.165, 1.54) is 11.3 Å². The van der Waals surface area contributed by atoms with Crippen LogP contribution in [0.2, 0.25) is 5.02 Å². The summed E-state index contributed by atoms with van der Waals surface area (Å²) in [5.41, 5.74) is 1.66. The number of amides is 2. The first-order valence-corrected chi connectivity index (χ1v) is 11.5. The lowest BCUT2D eigenvalue weighted by Gasteiger charge is -2.34. The summed E-state index contributed by atoms with van der Waals surface area (Å²) in [4.78, 5) is 31.0. The van der Waals surface area contributed by atoms with Crippen molar-refractivity contribution >= 4 is 40.4 Å². The molecule has 1 N–H and O–H groups in total. The number of thiophene rings is 1. The summed E-state index contributed by atoms with van der Waals surface area (Å²) < 4.78 is 5.49. The maximum Gasteiger partial charge on any atom is 0.267 e. The van der Waals surface area contributed by atoms with Gasteiger partial charge in [-0.2, -0.15) is 0 Å². The van der Waals surface area contributed by atoms with Gasteiger partial charge in [0, 0.05) is 31.1 Å². The van der Waals surface area contributed by atoms with Gasteiger partial charge in [-0.15, -0.1) is 11.3 Å². The number of piperazine rings is 1. The minimum Gasteiger partial charge on any atom is -0.495 e. The molecule has 1 aliphatic heterocycles. The molecule has 2 aromatic carbocycles. The Labute approximate surface area is 196 Å². The minimum atomic E-state index is -0.120. The van der Waals surface area contributed by atoms with Crippen molar-refractivity contribution in [2.24, 2.45) is 0 Å². The molecule has 0 unspecified atom stereocenters. The van der Waals surface area contributed by atoms with Crippen molar-refractivity contribution in [1.29, 1.82) is 0 Å². The molecule has 0 bridgehead atoms. The van der Waals surface area contributed by atoms with Crippen LogP contribution in [0.15, 0.2) is 60.7 Å². The third-order valence-electron chi connectivity index (χ3n) is 5.35. The summed E-state index contributed by atoms with van der Waals surface area (Å²) in [7, 11) is 1.59. The van der Waals surface area contributed by atoms with Crippen LogP contribution in [0.1, 0.15) is 9.67 Å². The van der Waals surface area contributed by atoms with Crippen LogP contribution in [0.3, 0.4) is 0 Å². The van der Waals surface area contributed by atoms with Crippen molar-refractivity contribution in [3.63, 3.8) is 0 Å². The summed E-state index contributed by atoms with van der Waals surface area (Å²) in [6.45, 7) is 2.62. The van der Waals surface area contributed by atoms with E-state index in [1.54, 1.807) is 19.2 Å². The predicted molar refractivity (Wildman–Crippen MR) is 129 cm³/mol. The van der Waals surface area contributed by atoms with Crippen LogP contribution in [-0.2, 0) is 4.79 Å². The second-order valence-corrected chi connectivity index (χ2v) is 8.93. The highest BCUT2D eigenvalue weighted by Gasteiger charge is 2.27. The van der Waals surface area contributed by atoms with Gasteiger partial charge in [-0.05, 0) is 23.8 Å². The van der Waals surface area contributed by atoms with Gasteiger partial charge >= 0.3 is 0 Å². The van der Waals surface area contributed by atoms with Gasteiger partial charge in [-0.3, -0.25) is 14.5 Å². The fraction of sp³-hybridized carbons (Fsp3) is 0.250. The van der Waals surface area contributed by atoms with Crippen LogP contribution >= 0.6 is 22.9 Å². The van der Waals surface area contributed by atoms with Crippen LogP contribution in [0.25, 0.3) is 10.4 Å². The highest BCUT2D eigenvalue weighted by atomic mass is 35.5. The fourth-order valence-corrected chi connectivity index (χ4v) is 4.91. The van der Waals surface area contributed by atoms with Gasteiger partial charge in [0.25, 0.3) is 5.91 Å². The second-order valence-electron chi connectivity index (χ2n) is 7.47. The SMILES string of the molecule is COc1cc(-c2ccccc2)sc1C(=O)N1CCN(CC(=O)Nc2ccccc2Cl)CC1. The van der Waals surface area contributed by atoms with Gasteiger partial charge in [0.15, 0.2) is 0 Å². The maximum absolute atomic E-state index is 13.2. The Morgan fingerprint density at radius 1 is 1.03 bits per heavy atom. The van der Waals surface area contributed by atoms with E-state index in [-0.39, 0.29) is 18.4 Å². The lowest BCUT2D eigenvalue weighted by atomic mass is 10.2. The normalized spacial score (nSPS) is 14.2. The number of anilines is 1. The Morgan fingerprint density at radius 3 is 2.41 bits per heavy atom. The first kappa shape index (κ1) is 22.3. The number of nitrogens with zero attached hydrogens (tertiary/aromatic N) is 2. The number of rotatable bonds is 6. The molecule has 0 aliphatic carbocycles. The zero-order valence-corrected chi connectivity index (χ0v) is 19.3. The van der Waals surface area contributed by atoms with E-state index < -0.39 is 0 Å². The van der Waals surface area contributed by atoms with E-state index in [1.807, 2.05) is 58.3 Å². The molecule has 6 nitrogen and oxygen atoms in total. The van der Waals surface area contributed by atoms with Gasteiger partial charge in [0.1, 0.15) is 10.6 Å². The molecule has 1 fully saturated rings. The molecule has 0 radical (unpaired) electrons. The predicted octanol–water partition coefficient (Wildman–Crippen LogP) is 4.47. The molecule has 1 aliphatic rings. The number of hydrogen-bond donors (Lipinski definition) is 1. The molecule has 1 saturated heterocycles. The standard InChI is InChI=1S/C24H24ClN3O3S/c1-31-20-15-21(17-7-3-2-4-8-17)32-23(20)24(30)28-13-11-27(12-14-28)16-22(29)26-19-10-6-5-9-18(19)25/h2-10,15H,11-14,16H2,1H3,(H,26,29). The molecule has 32 heavy (non-hydrogen) atoms. The van der Waals surface area contributed by atoms with Crippen LogP contribution in [0.5, 0.6) is 5.75 Å². The van der Waals surface area contributed by atoms with E-state index >= 15 is 0 Å². The Balaban J connectivity index is 1.35. The molecule has 166 valence electrons. The number of nitrogens with one attached hydrogen (secondary N) is 1. The van der Waals surface area contributed by atoms with Crippen molar-refractivity contribution in [1.82, 2.24) is 9.80 Å². The lowest BCUT2D eigenvalue weighted by molar-refractivity contribution is -0.117. The topological polar surface area (TPSA) is 61.9 Å². The van der Waals surface area contributed by atoms with Crippen molar-refractivity contribution in [2.45, 2.75) is 0 Å². The molecule has 0 spiro atoms. The molecule has 8 heteroatoms. The zero-order valence-electron chi connectivity index (χ0n) is 17.7. The van der Waals surface area contributed by atoms with Gasteiger partial charge in [-0.25, -0.2) is 0 Å². The van der Waals surface area contributed by atoms with Crippen molar-refractivity contribution in [2.75, 3.05) is 45.2 Å². The first-order chi connectivity index (χ1) is 15.5. The Bertz CT molecular complexity index is 1090. The van der Waals surface area contributed by atoms with Crippen LogP contribution < -0.4 is 10.1 Å². The number of hydrogen-bond acceptors (Lipinski definition) is 5. The van der Waals surface area contributed by atoms with Crippen LogP contribution in [-0.4, -0.2) is 61.4 Å². The van der Waals surface area contributed by atoms with E-state index in [0.717, 1.165) is 10.4 Å². The van der Waals surface area contributed by atoms with Gasteiger partial charge in [0.2, 0.25) is 5.91 Å². The summed E-state index contributed by atoms with van der Waals surface area (Å²) in [5, 5.41) is 3.35. The minimum absolute atomic E-state index is 0.0331. The quantitative estimate of drug-likeness (QED) is 0.578.